The standard InChI is InChI=1S/C15H24BrNO/c1-3-17-12-13(8-7-11-18-4-2)14-9-5-6-10-15(14)16/h5-6,9-10,13,17H,3-4,7-8,11-12H2,1-2H3. The zero-order valence-corrected chi connectivity index (χ0v) is 13.0. The lowest BCUT2D eigenvalue weighted by molar-refractivity contribution is 0.141. The highest BCUT2D eigenvalue weighted by molar-refractivity contribution is 9.10. The van der Waals surface area contributed by atoms with E-state index in [2.05, 4.69) is 52.4 Å². The fourth-order valence-electron chi connectivity index (χ4n) is 2.07. The van der Waals surface area contributed by atoms with Crippen LogP contribution in [0, 0.1) is 0 Å². The van der Waals surface area contributed by atoms with E-state index in [0.29, 0.717) is 5.92 Å². The van der Waals surface area contributed by atoms with Gasteiger partial charge in [-0.3, -0.25) is 0 Å². The second-order valence-corrected chi connectivity index (χ2v) is 5.22. The lowest BCUT2D eigenvalue weighted by Gasteiger charge is -2.19. The van der Waals surface area contributed by atoms with Crippen molar-refractivity contribution in [1.29, 1.82) is 0 Å². The number of hydrogen-bond donors (Lipinski definition) is 1. The van der Waals surface area contributed by atoms with Gasteiger partial charge in [0.1, 0.15) is 0 Å². The van der Waals surface area contributed by atoms with Crippen molar-refractivity contribution in [3.05, 3.63) is 34.3 Å². The molecule has 0 aliphatic carbocycles. The van der Waals surface area contributed by atoms with E-state index in [1.54, 1.807) is 0 Å². The minimum atomic E-state index is 0.556. The number of hydrogen-bond acceptors (Lipinski definition) is 2. The van der Waals surface area contributed by atoms with Crippen LogP contribution in [0.4, 0.5) is 0 Å². The van der Waals surface area contributed by atoms with Crippen LogP contribution in [-0.2, 0) is 4.74 Å². The summed E-state index contributed by atoms with van der Waals surface area (Å²) in [5, 5.41) is 3.45. The van der Waals surface area contributed by atoms with Gasteiger partial charge in [0.15, 0.2) is 0 Å². The van der Waals surface area contributed by atoms with E-state index >= 15 is 0 Å². The average molecular weight is 314 g/mol. The van der Waals surface area contributed by atoms with Gasteiger partial charge in [0, 0.05) is 24.2 Å². The first-order valence-corrected chi connectivity index (χ1v) is 7.61. The van der Waals surface area contributed by atoms with E-state index in [0.717, 1.165) is 39.1 Å². The molecule has 2 nitrogen and oxygen atoms in total. The minimum absolute atomic E-state index is 0.556. The number of benzene rings is 1. The molecule has 0 saturated carbocycles. The van der Waals surface area contributed by atoms with E-state index in [4.69, 9.17) is 4.74 Å². The van der Waals surface area contributed by atoms with Crippen LogP contribution in [0.3, 0.4) is 0 Å². The molecule has 0 bridgehead atoms. The second-order valence-electron chi connectivity index (χ2n) is 4.37. The highest BCUT2D eigenvalue weighted by Crippen LogP contribution is 2.27. The summed E-state index contributed by atoms with van der Waals surface area (Å²) in [4.78, 5) is 0. The molecule has 0 saturated heterocycles. The van der Waals surface area contributed by atoms with E-state index in [9.17, 15) is 0 Å². The zero-order chi connectivity index (χ0) is 13.2. The molecular formula is C15H24BrNO. The summed E-state index contributed by atoms with van der Waals surface area (Å²) in [5.41, 5.74) is 1.40. The maximum atomic E-state index is 5.42. The summed E-state index contributed by atoms with van der Waals surface area (Å²) in [7, 11) is 0. The Morgan fingerprint density at radius 1 is 1.28 bits per heavy atom. The third kappa shape index (κ3) is 5.51. The van der Waals surface area contributed by atoms with Gasteiger partial charge >= 0.3 is 0 Å². The fourth-order valence-corrected chi connectivity index (χ4v) is 2.68. The predicted octanol–water partition coefficient (Wildman–Crippen LogP) is 3.96. The first-order valence-electron chi connectivity index (χ1n) is 6.82. The summed E-state index contributed by atoms with van der Waals surface area (Å²) in [5.74, 6) is 0.556. The number of nitrogens with one attached hydrogen (secondary N) is 1. The monoisotopic (exact) mass is 313 g/mol. The Balaban J connectivity index is 2.57. The first-order chi connectivity index (χ1) is 8.79. The van der Waals surface area contributed by atoms with Crippen LogP contribution in [0.5, 0.6) is 0 Å². The number of ether oxygens (including phenoxy) is 1. The first kappa shape index (κ1) is 15.7. The van der Waals surface area contributed by atoms with Gasteiger partial charge in [-0.15, -0.1) is 0 Å². The van der Waals surface area contributed by atoms with Gasteiger partial charge in [-0.1, -0.05) is 41.1 Å². The van der Waals surface area contributed by atoms with Gasteiger partial charge in [-0.2, -0.15) is 0 Å². The SMILES string of the molecule is CCNCC(CCCOCC)c1ccccc1Br. The Labute approximate surface area is 119 Å². The van der Waals surface area contributed by atoms with Crippen molar-refractivity contribution < 1.29 is 4.74 Å². The highest BCUT2D eigenvalue weighted by Gasteiger charge is 2.13. The molecule has 0 fully saturated rings. The van der Waals surface area contributed by atoms with Crippen LogP contribution in [0.25, 0.3) is 0 Å². The normalized spacial score (nSPS) is 12.6. The van der Waals surface area contributed by atoms with Crippen LogP contribution in [-0.4, -0.2) is 26.3 Å². The van der Waals surface area contributed by atoms with Gasteiger partial charge in [-0.05, 0) is 43.9 Å². The number of likely N-dealkylation sites (N-methyl/N-ethyl adjacent to an activating group) is 1. The van der Waals surface area contributed by atoms with Crippen LogP contribution in [0.2, 0.25) is 0 Å². The Kier molecular flexibility index (Phi) is 8.31. The second kappa shape index (κ2) is 9.54. The summed E-state index contributed by atoms with van der Waals surface area (Å²) >= 11 is 3.65. The molecule has 3 heteroatoms. The Morgan fingerprint density at radius 2 is 2.06 bits per heavy atom. The molecule has 0 radical (unpaired) electrons. The average Bonchev–Trinajstić information content (AvgIpc) is 2.39. The molecule has 0 aliphatic rings. The predicted molar refractivity (Wildman–Crippen MR) is 81.2 cm³/mol. The quantitative estimate of drug-likeness (QED) is 0.697. The van der Waals surface area contributed by atoms with Crippen molar-refractivity contribution in [2.45, 2.75) is 32.6 Å². The molecule has 1 aromatic carbocycles. The summed E-state index contributed by atoms with van der Waals surface area (Å²) in [6.07, 6.45) is 2.28. The molecule has 18 heavy (non-hydrogen) atoms. The van der Waals surface area contributed by atoms with E-state index in [-0.39, 0.29) is 0 Å². The van der Waals surface area contributed by atoms with Crippen molar-refractivity contribution in [3.8, 4) is 0 Å². The molecule has 0 amide bonds. The van der Waals surface area contributed by atoms with E-state index in [1.165, 1.54) is 10.0 Å². The molecule has 102 valence electrons. The van der Waals surface area contributed by atoms with Gasteiger partial charge in [0.05, 0.1) is 0 Å². The molecule has 1 atom stereocenters. The Morgan fingerprint density at radius 3 is 2.72 bits per heavy atom. The van der Waals surface area contributed by atoms with Crippen molar-refractivity contribution in [1.82, 2.24) is 5.32 Å². The van der Waals surface area contributed by atoms with E-state index in [1.807, 2.05) is 6.92 Å². The summed E-state index contributed by atoms with van der Waals surface area (Å²) < 4.78 is 6.63. The van der Waals surface area contributed by atoms with Crippen LogP contribution in [0.15, 0.2) is 28.7 Å². The molecule has 0 aliphatic heterocycles. The largest absolute Gasteiger partial charge is 0.382 e. The van der Waals surface area contributed by atoms with Crippen LogP contribution < -0.4 is 5.32 Å². The molecule has 1 aromatic rings. The van der Waals surface area contributed by atoms with E-state index < -0.39 is 0 Å². The number of rotatable bonds is 9. The molecule has 0 aromatic heterocycles. The third-order valence-corrected chi connectivity index (χ3v) is 3.75. The molecule has 1 rings (SSSR count). The topological polar surface area (TPSA) is 21.3 Å². The number of halogens is 1. The minimum Gasteiger partial charge on any atom is -0.382 e. The lowest BCUT2D eigenvalue weighted by atomic mass is 9.94. The Hall–Kier alpha value is -0.380. The third-order valence-electron chi connectivity index (χ3n) is 3.03. The molecule has 1 unspecified atom stereocenters. The van der Waals surface area contributed by atoms with Crippen molar-refractivity contribution in [2.75, 3.05) is 26.3 Å². The van der Waals surface area contributed by atoms with Crippen molar-refractivity contribution in [2.24, 2.45) is 0 Å². The summed E-state index contributed by atoms with van der Waals surface area (Å²) in [6, 6.07) is 8.52. The van der Waals surface area contributed by atoms with Gasteiger partial charge in [-0.25, -0.2) is 0 Å². The van der Waals surface area contributed by atoms with Crippen molar-refractivity contribution >= 4 is 15.9 Å². The maximum absolute atomic E-state index is 5.42. The van der Waals surface area contributed by atoms with Gasteiger partial charge in [0.25, 0.3) is 0 Å². The van der Waals surface area contributed by atoms with Gasteiger partial charge < -0.3 is 10.1 Å². The summed E-state index contributed by atoms with van der Waals surface area (Å²) in [6.45, 7) is 7.93. The van der Waals surface area contributed by atoms with Crippen LogP contribution in [0.1, 0.15) is 38.2 Å². The molecular weight excluding hydrogens is 290 g/mol. The maximum Gasteiger partial charge on any atom is 0.0466 e. The van der Waals surface area contributed by atoms with Gasteiger partial charge in [0.2, 0.25) is 0 Å². The molecule has 1 N–H and O–H groups in total. The molecule has 0 heterocycles. The highest BCUT2D eigenvalue weighted by atomic mass is 79.9. The Bertz CT molecular complexity index is 330. The molecule has 0 spiro atoms. The van der Waals surface area contributed by atoms with Crippen molar-refractivity contribution in [3.63, 3.8) is 0 Å². The van der Waals surface area contributed by atoms with Crippen LogP contribution >= 0.6 is 15.9 Å². The smallest absolute Gasteiger partial charge is 0.0466 e. The fraction of sp³-hybridized carbons (Fsp3) is 0.600. The lowest BCUT2D eigenvalue weighted by Crippen LogP contribution is -2.21. The zero-order valence-electron chi connectivity index (χ0n) is 11.4.